The Kier molecular flexibility index (Phi) is 4.83. The molecule has 0 aliphatic rings. The fraction of sp³-hybridized carbons (Fsp3) is 0.600. The zero-order chi connectivity index (χ0) is 11.1. The highest BCUT2D eigenvalue weighted by Gasteiger charge is 2.05. The number of rotatable bonds is 6. The second kappa shape index (κ2) is 6.19. The number of likely N-dealkylation sites (N-methyl/N-ethyl adjacent to an activating group) is 1. The molecule has 84 valence electrons. The van der Waals surface area contributed by atoms with Crippen LogP contribution in [0.3, 0.4) is 0 Å². The molecule has 0 bridgehead atoms. The van der Waals surface area contributed by atoms with Gasteiger partial charge in [-0.15, -0.1) is 0 Å². The zero-order valence-corrected chi connectivity index (χ0v) is 9.53. The number of aromatic nitrogens is 2. The summed E-state index contributed by atoms with van der Waals surface area (Å²) >= 11 is 0. The number of methoxy groups -OCH3 is 1. The predicted octanol–water partition coefficient (Wildman–Crippen LogP) is 0.991. The third-order valence-corrected chi connectivity index (χ3v) is 2.14. The lowest BCUT2D eigenvalue weighted by atomic mass is 10.4. The van der Waals surface area contributed by atoms with Gasteiger partial charge in [0, 0.05) is 33.4 Å². The summed E-state index contributed by atoms with van der Waals surface area (Å²) in [5.74, 6) is 1.57. The maximum atomic E-state index is 5.05. The molecule has 0 unspecified atom stereocenters. The van der Waals surface area contributed by atoms with E-state index in [1.807, 2.05) is 13.1 Å². The topological polar surface area (TPSA) is 50.3 Å². The lowest BCUT2D eigenvalue weighted by Gasteiger charge is -2.21. The summed E-state index contributed by atoms with van der Waals surface area (Å²) in [6, 6.07) is 1.90. The first kappa shape index (κ1) is 11.7. The van der Waals surface area contributed by atoms with Crippen LogP contribution in [0.2, 0.25) is 0 Å². The van der Waals surface area contributed by atoms with E-state index in [1.165, 1.54) is 0 Å². The number of ether oxygens (including phenoxy) is 1. The lowest BCUT2D eigenvalue weighted by Crippen LogP contribution is -2.27. The highest BCUT2D eigenvalue weighted by atomic mass is 16.5. The van der Waals surface area contributed by atoms with Gasteiger partial charge in [-0.1, -0.05) is 0 Å². The van der Waals surface area contributed by atoms with Crippen LogP contribution in [0.1, 0.15) is 6.92 Å². The summed E-state index contributed by atoms with van der Waals surface area (Å²) in [6.07, 6.45) is 1.75. The van der Waals surface area contributed by atoms with Gasteiger partial charge in [-0.2, -0.15) is 4.98 Å². The Morgan fingerprint density at radius 1 is 1.53 bits per heavy atom. The molecule has 0 fully saturated rings. The molecule has 0 atom stereocenters. The van der Waals surface area contributed by atoms with Gasteiger partial charge < -0.3 is 15.0 Å². The predicted molar refractivity (Wildman–Crippen MR) is 61.3 cm³/mol. The number of hydrogen-bond acceptors (Lipinski definition) is 5. The monoisotopic (exact) mass is 210 g/mol. The summed E-state index contributed by atoms with van der Waals surface area (Å²) in [4.78, 5) is 10.6. The first-order chi connectivity index (χ1) is 7.31. The number of anilines is 2. The van der Waals surface area contributed by atoms with Gasteiger partial charge in [0.25, 0.3) is 0 Å². The molecule has 1 aromatic rings. The normalized spacial score (nSPS) is 10.1. The first-order valence-electron chi connectivity index (χ1n) is 5.06. The Balaban J connectivity index is 2.72. The van der Waals surface area contributed by atoms with Crippen LogP contribution in [0.25, 0.3) is 0 Å². The molecule has 0 amide bonds. The molecule has 1 N–H and O–H groups in total. The molecular weight excluding hydrogens is 192 g/mol. The molecule has 0 saturated heterocycles. The summed E-state index contributed by atoms with van der Waals surface area (Å²) in [7, 11) is 3.51. The first-order valence-corrected chi connectivity index (χ1v) is 5.06. The van der Waals surface area contributed by atoms with Crippen LogP contribution in [0.5, 0.6) is 0 Å². The summed E-state index contributed by atoms with van der Waals surface area (Å²) < 4.78 is 5.05. The van der Waals surface area contributed by atoms with E-state index in [4.69, 9.17) is 4.74 Å². The standard InChI is InChI=1S/C10H18N4O/c1-4-14(7-8-15-3)9-5-6-12-10(11-2)13-9/h5-6H,4,7-8H2,1-3H3,(H,11,12,13). The Hall–Kier alpha value is -1.36. The zero-order valence-electron chi connectivity index (χ0n) is 9.53. The van der Waals surface area contributed by atoms with Gasteiger partial charge >= 0.3 is 0 Å². The summed E-state index contributed by atoms with van der Waals surface area (Å²) in [6.45, 7) is 4.54. The number of nitrogens with one attached hydrogen (secondary N) is 1. The largest absolute Gasteiger partial charge is 0.383 e. The third-order valence-electron chi connectivity index (χ3n) is 2.14. The molecule has 0 aliphatic carbocycles. The van der Waals surface area contributed by atoms with Crippen LogP contribution in [-0.2, 0) is 4.74 Å². The molecule has 0 aliphatic heterocycles. The maximum Gasteiger partial charge on any atom is 0.224 e. The van der Waals surface area contributed by atoms with Crippen LogP contribution >= 0.6 is 0 Å². The van der Waals surface area contributed by atoms with Crippen molar-refractivity contribution in [3.05, 3.63) is 12.3 Å². The second-order valence-corrected chi connectivity index (χ2v) is 3.06. The van der Waals surface area contributed by atoms with Crippen LogP contribution in [-0.4, -0.2) is 43.8 Å². The van der Waals surface area contributed by atoms with Gasteiger partial charge in [-0.25, -0.2) is 4.98 Å². The molecule has 1 aromatic heterocycles. The Bertz CT molecular complexity index is 293. The highest BCUT2D eigenvalue weighted by molar-refractivity contribution is 5.41. The smallest absolute Gasteiger partial charge is 0.224 e. The maximum absolute atomic E-state index is 5.05. The fourth-order valence-corrected chi connectivity index (χ4v) is 1.28. The van der Waals surface area contributed by atoms with Gasteiger partial charge in [-0.3, -0.25) is 0 Å². The van der Waals surface area contributed by atoms with Gasteiger partial charge in [-0.05, 0) is 13.0 Å². The second-order valence-electron chi connectivity index (χ2n) is 3.06. The minimum atomic E-state index is 0.642. The Morgan fingerprint density at radius 3 is 2.93 bits per heavy atom. The van der Waals surface area contributed by atoms with Gasteiger partial charge in [0.05, 0.1) is 6.61 Å². The Labute approximate surface area is 90.5 Å². The molecule has 1 rings (SSSR count). The van der Waals surface area contributed by atoms with E-state index in [0.717, 1.165) is 18.9 Å². The molecule has 0 radical (unpaired) electrons. The van der Waals surface area contributed by atoms with E-state index in [-0.39, 0.29) is 0 Å². The van der Waals surface area contributed by atoms with Crippen molar-refractivity contribution in [3.63, 3.8) is 0 Å². The molecule has 0 spiro atoms. The SMILES string of the molecule is CCN(CCOC)c1ccnc(NC)n1. The highest BCUT2D eigenvalue weighted by Crippen LogP contribution is 2.10. The van der Waals surface area contributed by atoms with Gasteiger partial charge in [0.1, 0.15) is 5.82 Å². The van der Waals surface area contributed by atoms with Crippen molar-refractivity contribution in [1.82, 2.24) is 9.97 Å². The third kappa shape index (κ3) is 3.36. The quantitative estimate of drug-likeness (QED) is 0.759. The molecule has 15 heavy (non-hydrogen) atoms. The van der Waals surface area contributed by atoms with E-state index in [1.54, 1.807) is 13.3 Å². The Morgan fingerprint density at radius 2 is 2.33 bits per heavy atom. The molecule has 1 heterocycles. The number of hydrogen-bond donors (Lipinski definition) is 1. The molecular formula is C10H18N4O. The van der Waals surface area contributed by atoms with E-state index < -0.39 is 0 Å². The summed E-state index contributed by atoms with van der Waals surface area (Å²) in [5.41, 5.74) is 0. The molecule has 5 heteroatoms. The average Bonchev–Trinajstić information content (AvgIpc) is 2.30. The van der Waals surface area contributed by atoms with Crippen LogP contribution in [0.4, 0.5) is 11.8 Å². The van der Waals surface area contributed by atoms with Crippen molar-refractivity contribution in [2.75, 3.05) is 44.1 Å². The van der Waals surface area contributed by atoms with Crippen molar-refractivity contribution in [1.29, 1.82) is 0 Å². The van der Waals surface area contributed by atoms with Crippen molar-refractivity contribution >= 4 is 11.8 Å². The van der Waals surface area contributed by atoms with E-state index in [0.29, 0.717) is 12.6 Å². The summed E-state index contributed by atoms with van der Waals surface area (Å²) in [5, 5.41) is 2.92. The lowest BCUT2D eigenvalue weighted by molar-refractivity contribution is 0.205. The van der Waals surface area contributed by atoms with Crippen LogP contribution < -0.4 is 10.2 Å². The van der Waals surface area contributed by atoms with Crippen molar-refractivity contribution in [2.45, 2.75) is 6.92 Å². The molecule has 0 aromatic carbocycles. The minimum Gasteiger partial charge on any atom is -0.383 e. The molecule has 0 saturated carbocycles. The van der Waals surface area contributed by atoms with Gasteiger partial charge in [0.2, 0.25) is 5.95 Å². The van der Waals surface area contributed by atoms with E-state index in [2.05, 4.69) is 27.1 Å². The van der Waals surface area contributed by atoms with Crippen LogP contribution in [0.15, 0.2) is 12.3 Å². The van der Waals surface area contributed by atoms with Crippen LogP contribution in [0, 0.1) is 0 Å². The number of nitrogens with zero attached hydrogens (tertiary/aromatic N) is 3. The fourth-order valence-electron chi connectivity index (χ4n) is 1.28. The molecule has 5 nitrogen and oxygen atoms in total. The van der Waals surface area contributed by atoms with Gasteiger partial charge in [0.15, 0.2) is 0 Å². The average molecular weight is 210 g/mol. The van der Waals surface area contributed by atoms with E-state index >= 15 is 0 Å². The minimum absolute atomic E-state index is 0.642. The van der Waals surface area contributed by atoms with E-state index in [9.17, 15) is 0 Å². The van der Waals surface area contributed by atoms with Crippen molar-refractivity contribution in [3.8, 4) is 0 Å². The van der Waals surface area contributed by atoms with Crippen molar-refractivity contribution < 1.29 is 4.74 Å². The van der Waals surface area contributed by atoms with Crippen molar-refractivity contribution in [2.24, 2.45) is 0 Å².